The van der Waals surface area contributed by atoms with E-state index in [9.17, 15) is 0 Å². The van der Waals surface area contributed by atoms with Crippen LogP contribution in [0, 0.1) is 0 Å². The third-order valence-corrected chi connectivity index (χ3v) is 4.36. The van der Waals surface area contributed by atoms with Gasteiger partial charge in [-0.15, -0.1) is 0 Å². The van der Waals surface area contributed by atoms with E-state index in [0.29, 0.717) is 0 Å². The number of pyridine rings is 1. The molecule has 0 bridgehead atoms. The highest BCUT2D eigenvalue weighted by Crippen LogP contribution is 2.24. The minimum atomic E-state index is 0.845. The van der Waals surface area contributed by atoms with E-state index in [1.807, 2.05) is 24.4 Å². The Balaban J connectivity index is 1.65. The molecule has 0 amide bonds. The molecule has 5 heteroatoms. The standard InChI is InChI=1S/C15H18N4S/c1-4-8-19(9-5-1)14-10-15(18-12-17-14)20-11-13-6-2-3-7-16-13/h2-3,6-7,10,12H,1,4-5,8-9,11H2. The zero-order valence-electron chi connectivity index (χ0n) is 11.4. The van der Waals surface area contributed by atoms with Gasteiger partial charge in [0.15, 0.2) is 0 Å². The second-order valence-electron chi connectivity index (χ2n) is 4.87. The maximum Gasteiger partial charge on any atom is 0.133 e. The summed E-state index contributed by atoms with van der Waals surface area (Å²) in [7, 11) is 0. The highest BCUT2D eigenvalue weighted by Gasteiger charge is 2.12. The normalized spacial score (nSPS) is 15.3. The minimum absolute atomic E-state index is 0.845. The highest BCUT2D eigenvalue weighted by molar-refractivity contribution is 7.98. The van der Waals surface area contributed by atoms with Crippen molar-refractivity contribution in [1.29, 1.82) is 0 Å². The van der Waals surface area contributed by atoms with Gasteiger partial charge in [-0.25, -0.2) is 9.97 Å². The molecule has 1 aliphatic rings. The lowest BCUT2D eigenvalue weighted by Gasteiger charge is -2.27. The van der Waals surface area contributed by atoms with E-state index in [4.69, 9.17) is 0 Å². The first-order valence-electron chi connectivity index (χ1n) is 7.01. The van der Waals surface area contributed by atoms with E-state index in [1.54, 1.807) is 18.1 Å². The smallest absolute Gasteiger partial charge is 0.133 e. The van der Waals surface area contributed by atoms with Gasteiger partial charge in [-0.3, -0.25) is 4.98 Å². The van der Waals surface area contributed by atoms with Crippen LogP contribution in [-0.4, -0.2) is 28.0 Å². The van der Waals surface area contributed by atoms with Crippen LogP contribution in [0.2, 0.25) is 0 Å². The van der Waals surface area contributed by atoms with Gasteiger partial charge in [-0.1, -0.05) is 17.8 Å². The number of nitrogens with zero attached hydrogens (tertiary/aromatic N) is 4. The average molecular weight is 286 g/mol. The molecule has 0 N–H and O–H groups in total. The first-order chi connectivity index (χ1) is 9.92. The van der Waals surface area contributed by atoms with Crippen LogP contribution in [0.1, 0.15) is 25.0 Å². The van der Waals surface area contributed by atoms with Gasteiger partial charge in [0.25, 0.3) is 0 Å². The summed E-state index contributed by atoms with van der Waals surface area (Å²) in [6, 6.07) is 8.09. The predicted molar refractivity (Wildman–Crippen MR) is 81.9 cm³/mol. The van der Waals surface area contributed by atoms with E-state index in [1.165, 1.54) is 19.3 Å². The number of anilines is 1. The van der Waals surface area contributed by atoms with E-state index in [0.717, 1.165) is 35.4 Å². The lowest BCUT2D eigenvalue weighted by atomic mass is 10.1. The summed E-state index contributed by atoms with van der Waals surface area (Å²) in [4.78, 5) is 15.4. The number of piperidine rings is 1. The van der Waals surface area contributed by atoms with Gasteiger partial charge in [-0.2, -0.15) is 0 Å². The fourth-order valence-electron chi connectivity index (χ4n) is 2.34. The molecule has 0 aliphatic carbocycles. The van der Waals surface area contributed by atoms with Crippen molar-refractivity contribution in [2.75, 3.05) is 18.0 Å². The predicted octanol–water partition coefficient (Wildman–Crippen LogP) is 3.15. The van der Waals surface area contributed by atoms with Crippen molar-refractivity contribution in [3.8, 4) is 0 Å². The number of aromatic nitrogens is 3. The molecule has 0 atom stereocenters. The van der Waals surface area contributed by atoms with Crippen LogP contribution < -0.4 is 4.90 Å². The Kier molecular flexibility index (Phi) is 4.48. The lowest BCUT2D eigenvalue weighted by molar-refractivity contribution is 0.572. The maximum absolute atomic E-state index is 4.40. The topological polar surface area (TPSA) is 41.9 Å². The second kappa shape index (κ2) is 6.70. The summed E-state index contributed by atoms with van der Waals surface area (Å²) < 4.78 is 0. The molecule has 2 aromatic heterocycles. The van der Waals surface area contributed by atoms with Crippen LogP contribution >= 0.6 is 11.8 Å². The Hall–Kier alpha value is -1.62. The van der Waals surface area contributed by atoms with Gasteiger partial charge in [0, 0.05) is 31.1 Å². The summed E-state index contributed by atoms with van der Waals surface area (Å²) in [6.45, 7) is 2.22. The average Bonchev–Trinajstić information content (AvgIpc) is 2.55. The first kappa shape index (κ1) is 13.4. The monoisotopic (exact) mass is 286 g/mol. The van der Waals surface area contributed by atoms with Crippen molar-refractivity contribution >= 4 is 17.6 Å². The fourth-order valence-corrected chi connectivity index (χ4v) is 3.11. The van der Waals surface area contributed by atoms with E-state index in [2.05, 4.69) is 25.9 Å². The third kappa shape index (κ3) is 3.48. The molecule has 104 valence electrons. The van der Waals surface area contributed by atoms with Crippen molar-refractivity contribution in [1.82, 2.24) is 15.0 Å². The summed E-state index contributed by atoms with van der Waals surface area (Å²) in [5.41, 5.74) is 1.08. The summed E-state index contributed by atoms with van der Waals surface area (Å²) in [5.74, 6) is 1.90. The number of rotatable bonds is 4. The molecule has 2 aromatic rings. The van der Waals surface area contributed by atoms with Crippen molar-refractivity contribution in [3.05, 3.63) is 42.5 Å². The Morgan fingerprint density at radius 2 is 1.95 bits per heavy atom. The largest absolute Gasteiger partial charge is 0.356 e. The summed E-state index contributed by atoms with van der Waals surface area (Å²) >= 11 is 1.71. The minimum Gasteiger partial charge on any atom is -0.356 e. The fraction of sp³-hybridized carbons (Fsp3) is 0.400. The molecule has 0 spiro atoms. The SMILES string of the molecule is c1ccc(CSc2cc(N3CCCCC3)ncn2)nc1. The van der Waals surface area contributed by atoms with Crippen LogP contribution in [0.5, 0.6) is 0 Å². The summed E-state index contributed by atoms with van der Waals surface area (Å²) in [5, 5.41) is 1.02. The van der Waals surface area contributed by atoms with Crippen molar-refractivity contribution < 1.29 is 0 Å². The van der Waals surface area contributed by atoms with Gasteiger partial charge in [0.1, 0.15) is 17.2 Å². The summed E-state index contributed by atoms with van der Waals surface area (Å²) in [6.07, 6.45) is 7.36. The first-order valence-corrected chi connectivity index (χ1v) is 8.00. The molecular weight excluding hydrogens is 268 g/mol. The molecule has 3 rings (SSSR count). The van der Waals surface area contributed by atoms with E-state index >= 15 is 0 Å². The van der Waals surface area contributed by atoms with Crippen LogP contribution in [-0.2, 0) is 5.75 Å². The zero-order chi connectivity index (χ0) is 13.6. The number of hydrogen-bond donors (Lipinski definition) is 0. The molecule has 1 saturated heterocycles. The van der Waals surface area contributed by atoms with Crippen molar-refractivity contribution in [2.24, 2.45) is 0 Å². The highest BCUT2D eigenvalue weighted by atomic mass is 32.2. The molecular formula is C15H18N4S. The molecule has 3 heterocycles. The Morgan fingerprint density at radius 1 is 1.05 bits per heavy atom. The molecule has 20 heavy (non-hydrogen) atoms. The molecule has 1 fully saturated rings. The second-order valence-corrected chi connectivity index (χ2v) is 5.87. The molecule has 0 unspecified atom stereocenters. The molecule has 0 saturated carbocycles. The van der Waals surface area contributed by atoms with Gasteiger partial charge < -0.3 is 4.90 Å². The molecule has 0 aromatic carbocycles. The van der Waals surface area contributed by atoms with Crippen LogP contribution in [0.15, 0.2) is 41.8 Å². The quantitative estimate of drug-likeness (QED) is 0.638. The molecule has 4 nitrogen and oxygen atoms in total. The Bertz CT molecular complexity index is 541. The van der Waals surface area contributed by atoms with Gasteiger partial charge >= 0.3 is 0 Å². The van der Waals surface area contributed by atoms with Crippen molar-refractivity contribution in [3.63, 3.8) is 0 Å². The Labute approximate surface area is 123 Å². The van der Waals surface area contributed by atoms with Crippen LogP contribution in [0.25, 0.3) is 0 Å². The lowest BCUT2D eigenvalue weighted by Crippen LogP contribution is -2.30. The zero-order valence-corrected chi connectivity index (χ0v) is 12.2. The molecule has 0 radical (unpaired) electrons. The third-order valence-electron chi connectivity index (χ3n) is 3.40. The number of hydrogen-bond acceptors (Lipinski definition) is 5. The van der Waals surface area contributed by atoms with Gasteiger partial charge in [-0.05, 0) is 31.4 Å². The van der Waals surface area contributed by atoms with Crippen LogP contribution in [0.3, 0.4) is 0 Å². The Morgan fingerprint density at radius 3 is 2.75 bits per heavy atom. The van der Waals surface area contributed by atoms with E-state index in [-0.39, 0.29) is 0 Å². The van der Waals surface area contributed by atoms with E-state index < -0.39 is 0 Å². The van der Waals surface area contributed by atoms with Gasteiger partial charge in [0.05, 0.1) is 5.69 Å². The van der Waals surface area contributed by atoms with Crippen LogP contribution in [0.4, 0.5) is 5.82 Å². The van der Waals surface area contributed by atoms with Gasteiger partial charge in [0.2, 0.25) is 0 Å². The maximum atomic E-state index is 4.40. The van der Waals surface area contributed by atoms with Crippen molar-refractivity contribution in [2.45, 2.75) is 30.0 Å². The number of thioether (sulfide) groups is 1. The molecule has 1 aliphatic heterocycles.